The number of carbonyl (C=O) groups excluding carboxylic acids is 2. The van der Waals surface area contributed by atoms with E-state index in [-0.39, 0.29) is 22.7 Å². The lowest BCUT2D eigenvalue weighted by Gasteiger charge is -2.36. The number of hydrogen-bond donors (Lipinski definition) is 2. The Kier molecular flexibility index (Phi) is 5.66. The van der Waals surface area contributed by atoms with Gasteiger partial charge in [0.05, 0.1) is 5.02 Å². The Morgan fingerprint density at radius 1 is 1.11 bits per heavy atom. The number of nitrogens with one attached hydrogen (secondary N) is 1. The van der Waals surface area contributed by atoms with Crippen LogP contribution in [0.1, 0.15) is 22.9 Å². The van der Waals surface area contributed by atoms with Gasteiger partial charge in [0, 0.05) is 62.3 Å². The molecule has 0 bridgehead atoms. The summed E-state index contributed by atoms with van der Waals surface area (Å²) >= 11 is 6.10. The van der Waals surface area contributed by atoms with Crippen molar-refractivity contribution in [2.75, 3.05) is 46.3 Å². The number of carbonyl (C=O) groups is 2. The highest BCUT2D eigenvalue weighted by Crippen LogP contribution is 2.45. The first kappa shape index (κ1) is 23.3. The third-order valence-electron chi connectivity index (χ3n) is 7.69. The zero-order chi connectivity index (χ0) is 25.1. The van der Waals surface area contributed by atoms with Crippen LogP contribution in [0.3, 0.4) is 0 Å². The molecule has 36 heavy (non-hydrogen) atoms. The largest absolute Gasteiger partial charge is 0.508 e. The highest BCUT2D eigenvalue weighted by molar-refractivity contribution is 6.31. The van der Waals surface area contributed by atoms with Crippen LogP contribution in [0.2, 0.25) is 5.02 Å². The first-order valence-electron chi connectivity index (χ1n) is 12.1. The second-order valence-corrected chi connectivity index (χ2v) is 10.3. The second kappa shape index (κ2) is 8.76. The lowest BCUT2D eigenvalue weighted by Crippen LogP contribution is -2.47. The van der Waals surface area contributed by atoms with Gasteiger partial charge in [0.1, 0.15) is 23.7 Å². The summed E-state index contributed by atoms with van der Waals surface area (Å²) in [6.07, 6.45) is 0.308. The third kappa shape index (κ3) is 3.73. The molecule has 0 saturated carbocycles. The highest BCUT2D eigenvalue weighted by Gasteiger charge is 2.52. The van der Waals surface area contributed by atoms with Gasteiger partial charge < -0.3 is 15.0 Å². The summed E-state index contributed by atoms with van der Waals surface area (Å²) in [5.41, 5.74) is 2.76. The Morgan fingerprint density at radius 2 is 1.89 bits per heavy atom. The minimum atomic E-state index is -0.687. The molecule has 2 atom stereocenters. The van der Waals surface area contributed by atoms with Crippen LogP contribution in [0.5, 0.6) is 5.75 Å². The number of fused-ring (bicyclic) bond motifs is 4. The number of rotatable bonds is 4. The number of aromatic hydroxyl groups is 1. The molecule has 2 N–H and O–H groups in total. The molecule has 0 spiro atoms. The molecule has 3 aromatic rings. The summed E-state index contributed by atoms with van der Waals surface area (Å²) in [7, 11) is 2.09. The number of phenols is 1. The lowest BCUT2D eigenvalue weighted by molar-refractivity contribution is -0.128. The molecule has 4 heterocycles. The molecule has 3 aliphatic heterocycles. The summed E-state index contributed by atoms with van der Waals surface area (Å²) in [6.45, 7) is 4.68. The zero-order valence-electron chi connectivity index (χ0n) is 19.9. The Balaban J connectivity index is 1.38. The van der Waals surface area contributed by atoms with E-state index in [4.69, 9.17) is 11.6 Å². The molecule has 1 unspecified atom stereocenters. The Bertz CT molecular complexity index is 1370. The number of imide groups is 1. The number of H-pyrrole nitrogens is 1. The average molecular weight is 512 g/mol. The van der Waals surface area contributed by atoms with Gasteiger partial charge in [-0.25, -0.2) is 9.18 Å². The van der Waals surface area contributed by atoms with E-state index in [2.05, 4.69) is 21.8 Å². The fraction of sp³-hybridized carbons (Fsp3) is 0.385. The number of amides is 3. The van der Waals surface area contributed by atoms with Crippen molar-refractivity contribution in [1.29, 1.82) is 0 Å². The number of aromatic amines is 1. The van der Waals surface area contributed by atoms with Crippen molar-refractivity contribution < 1.29 is 19.1 Å². The number of urea groups is 1. The molecule has 6 rings (SSSR count). The molecule has 2 fully saturated rings. The molecule has 3 aliphatic rings. The van der Waals surface area contributed by atoms with Gasteiger partial charge in [0.15, 0.2) is 0 Å². The van der Waals surface area contributed by atoms with Gasteiger partial charge >= 0.3 is 6.03 Å². The van der Waals surface area contributed by atoms with Crippen LogP contribution in [0, 0.1) is 5.82 Å². The van der Waals surface area contributed by atoms with E-state index in [9.17, 15) is 19.1 Å². The van der Waals surface area contributed by atoms with Crippen molar-refractivity contribution in [3.05, 3.63) is 64.1 Å². The van der Waals surface area contributed by atoms with E-state index >= 15 is 0 Å². The van der Waals surface area contributed by atoms with Gasteiger partial charge in [-0.3, -0.25) is 19.5 Å². The van der Waals surface area contributed by atoms with Crippen molar-refractivity contribution in [2.24, 2.45) is 0 Å². The van der Waals surface area contributed by atoms with Crippen LogP contribution < -0.4 is 0 Å². The van der Waals surface area contributed by atoms with Gasteiger partial charge in [-0.15, -0.1) is 0 Å². The molecule has 8 nitrogen and oxygen atoms in total. The summed E-state index contributed by atoms with van der Waals surface area (Å²) in [5.74, 6) is -0.710. The van der Waals surface area contributed by atoms with Crippen LogP contribution in [0.15, 0.2) is 36.4 Å². The molecule has 2 saturated heterocycles. The molecule has 0 radical (unpaired) electrons. The van der Waals surface area contributed by atoms with E-state index in [1.807, 2.05) is 6.07 Å². The number of aromatic nitrogens is 1. The molecule has 10 heteroatoms. The smallest absolute Gasteiger partial charge is 0.328 e. The quantitative estimate of drug-likeness (QED) is 0.526. The standard InChI is InChI=1S/C26H27ClFN5O3/c1-30-5-7-31(8-6-30)9-10-32-25(35)22-13-18-17-12-19(27)20(28)14-21(17)29-23(18)24(33(22)26(32)36)15-3-2-4-16(34)11-15/h2-4,11-12,14,22,24,29,34H,5-10,13H2,1H3/t22-,24?/m0/s1. The second-order valence-electron chi connectivity index (χ2n) is 9.87. The maximum absolute atomic E-state index is 14.2. The number of piperazine rings is 1. The third-order valence-corrected chi connectivity index (χ3v) is 7.98. The van der Waals surface area contributed by atoms with Crippen molar-refractivity contribution in [1.82, 2.24) is 24.6 Å². The van der Waals surface area contributed by atoms with E-state index in [0.717, 1.165) is 37.1 Å². The SMILES string of the molecule is CN1CCN(CCN2C(=O)[C@@H]3Cc4c([nH]c5cc(F)c(Cl)cc45)C(c4cccc(O)c4)N3C2=O)CC1. The number of likely N-dealkylation sites (N-methyl/N-ethyl adjacent to an activating group) is 1. The molecular formula is C26H27ClFN5O3. The Labute approximate surface area is 212 Å². The molecule has 0 aliphatic carbocycles. The fourth-order valence-electron chi connectivity index (χ4n) is 5.73. The van der Waals surface area contributed by atoms with E-state index in [1.165, 1.54) is 11.0 Å². The van der Waals surface area contributed by atoms with Crippen molar-refractivity contribution in [3.8, 4) is 5.75 Å². The van der Waals surface area contributed by atoms with Gasteiger partial charge in [0.2, 0.25) is 0 Å². The predicted octanol–water partition coefficient (Wildman–Crippen LogP) is 3.19. The van der Waals surface area contributed by atoms with Crippen molar-refractivity contribution >= 4 is 34.4 Å². The zero-order valence-corrected chi connectivity index (χ0v) is 20.6. The fourth-order valence-corrected chi connectivity index (χ4v) is 5.90. The van der Waals surface area contributed by atoms with Crippen LogP contribution in [0.4, 0.5) is 9.18 Å². The summed E-state index contributed by atoms with van der Waals surface area (Å²) in [5, 5.41) is 10.9. The van der Waals surface area contributed by atoms with Crippen molar-refractivity contribution in [2.45, 2.75) is 18.5 Å². The summed E-state index contributed by atoms with van der Waals surface area (Å²) in [4.78, 5) is 38.1. The van der Waals surface area contributed by atoms with Gasteiger partial charge in [-0.05, 0) is 42.4 Å². The van der Waals surface area contributed by atoms with E-state index < -0.39 is 17.9 Å². The molecule has 3 amide bonds. The summed E-state index contributed by atoms with van der Waals surface area (Å²) < 4.78 is 14.2. The van der Waals surface area contributed by atoms with Gasteiger partial charge in [0.25, 0.3) is 5.91 Å². The first-order chi connectivity index (χ1) is 17.3. The molecular weight excluding hydrogens is 485 g/mol. The number of nitrogens with zero attached hydrogens (tertiary/aromatic N) is 4. The minimum absolute atomic E-state index is 0.00302. The number of phenolic OH excluding ortho intramolecular Hbond substituents is 1. The van der Waals surface area contributed by atoms with Crippen LogP contribution in [0.25, 0.3) is 10.9 Å². The van der Waals surface area contributed by atoms with Crippen LogP contribution >= 0.6 is 11.6 Å². The van der Waals surface area contributed by atoms with E-state index in [1.54, 1.807) is 29.2 Å². The normalized spacial score (nSPS) is 23.0. The van der Waals surface area contributed by atoms with Crippen molar-refractivity contribution in [3.63, 3.8) is 0 Å². The summed E-state index contributed by atoms with van der Waals surface area (Å²) in [6, 6.07) is 7.93. The highest BCUT2D eigenvalue weighted by atomic mass is 35.5. The topological polar surface area (TPSA) is 83.1 Å². The number of halogens is 2. The Hall–Kier alpha value is -3.14. The van der Waals surface area contributed by atoms with E-state index in [0.29, 0.717) is 36.3 Å². The predicted molar refractivity (Wildman–Crippen MR) is 134 cm³/mol. The molecule has 1 aromatic heterocycles. The monoisotopic (exact) mass is 511 g/mol. The first-order valence-corrected chi connectivity index (χ1v) is 12.5. The van der Waals surface area contributed by atoms with Gasteiger partial charge in [-0.1, -0.05) is 23.7 Å². The lowest BCUT2D eigenvalue weighted by atomic mass is 9.89. The average Bonchev–Trinajstić information content (AvgIpc) is 3.31. The number of hydrogen-bond acceptors (Lipinski definition) is 5. The van der Waals surface area contributed by atoms with Crippen LogP contribution in [-0.4, -0.2) is 94.0 Å². The Morgan fingerprint density at radius 3 is 2.64 bits per heavy atom. The van der Waals surface area contributed by atoms with Crippen LogP contribution in [-0.2, 0) is 11.2 Å². The number of benzene rings is 2. The van der Waals surface area contributed by atoms with Gasteiger partial charge in [-0.2, -0.15) is 0 Å². The molecule has 188 valence electrons. The molecule has 2 aromatic carbocycles. The maximum atomic E-state index is 14.2. The minimum Gasteiger partial charge on any atom is -0.508 e. The maximum Gasteiger partial charge on any atom is 0.328 e.